The molecule has 1 fully saturated rings. The summed E-state index contributed by atoms with van der Waals surface area (Å²) in [6.45, 7) is 1.31. The number of carbonyl (C=O) groups excluding carboxylic acids is 1. The number of methoxy groups -OCH3 is 2. The molecule has 0 radical (unpaired) electrons. The van der Waals surface area contributed by atoms with E-state index < -0.39 is 0 Å². The van der Waals surface area contributed by atoms with Gasteiger partial charge in [-0.25, -0.2) is 4.79 Å². The van der Waals surface area contributed by atoms with Crippen LogP contribution >= 0.6 is 0 Å². The first-order valence-corrected chi connectivity index (χ1v) is 13.0. The number of benzene rings is 3. The minimum absolute atomic E-state index is 0.0392. The van der Waals surface area contributed by atoms with Gasteiger partial charge in [0.1, 0.15) is 6.61 Å². The van der Waals surface area contributed by atoms with Crippen molar-refractivity contribution in [1.82, 2.24) is 4.90 Å². The highest BCUT2D eigenvalue weighted by atomic mass is 16.6. The Morgan fingerprint density at radius 3 is 2.19 bits per heavy atom. The van der Waals surface area contributed by atoms with E-state index in [9.17, 15) is 4.79 Å². The average molecular weight is 504 g/mol. The lowest BCUT2D eigenvalue weighted by molar-refractivity contribution is -0.0370. The highest BCUT2D eigenvalue weighted by Gasteiger charge is 2.34. The molecule has 37 heavy (non-hydrogen) atoms. The SMILES string of the molecule is COc1ccc(CCO[C@@H]2CCCC[C@H]2N(Cc2ccccc2)C(=O)OCc2ccccc2)cc1OC. The zero-order valence-corrected chi connectivity index (χ0v) is 21.8. The van der Waals surface area contributed by atoms with Gasteiger partial charge in [0, 0.05) is 6.54 Å². The molecule has 196 valence electrons. The molecule has 0 bridgehead atoms. The van der Waals surface area contributed by atoms with E-state index in [1.807, 2.05) is 83.8 Å². The minimum atomic E-state index is -0.298. The van der Waals surface area contributed by atoms with E-state index in [1.54, 1.807) is 14.2 Å². The summed E-state index contributed by atoms with van der Waals surface area (Å²) in [4.78, 5) is 15.3. The Morgan fingerprint density at radius 1 is 0.811 bits per heavy atom. The first-order chi connectivity index (χ1) is 18.2. The minimum Gasteiger partial charge on any atom is -0.493 e. The lowest BCUT2D eigenvalue weighted by Gasteiger charge is -2.39. The fourth-order valence-corrected chi connectivity index (χ4v) is 4.89. The Morgan fingerprint density at radius 2 is 1.49 bits per heavy atom. The van der Waals surface area contributed by atoms with Crippen LogP contribution in [0.3, 0.4) is 0 Å². The molecule has 1 aliphatic rings. The molecule has 0 unspecified atom stereocenters. The van der Waals surface area contributed by atoms with E-state index in [2.05, 4.69) is 0 Å². The summed E-state index contributed by atoms with van der Waals surface area (Å²) >= 11 is 0. The lowest BCUT2D eigenvalue weighted by atomic mass is 9.91. The summed E-state index contributed by atoms with van der Waals surface area (Å²) in [7, 11) is 3.28. The highest BCUT2D eigenvalue weighted by molar-refractivity contribution is 5.68. The maximum absolute atomic E-state index is 13.4. The van der Waals surface area contributed by atoms with E-state index >= 15 is 0 Å². The van der Waals surface area contributed by atoms with Gasteiger partial charge < -0.3 is 18.9 Å². The predicted octanol–water partition coefficient (Wildman–Crippen LogP) is 6.41. The lowest BCUT2D eigenvalue weighted by Crippen LogP contribution is -2.49. The fourth-order valence-electron chi connectivity index (χ4n) is 4.89. The van der Waals surface area contributed by atoms with E-state index in [1.165, 1.54) is 0 Å². The van der Waals surface area contributed by atoms with Crippen LogP contribution in [-0.2, 0) is 29.0 Å². The van der Waals surface area contributed by atoms with Crippen LogP contribution in [0.4, 0.5) is 4.79 Å². The molecule has 6 heteroatoms. The number of ether oxygens (including phenoxy) is 4. The number of rotatable bonds is 11. The summed E-state index contributed by atoms with van der Waals surface area (Å²) in [6.07, 6.45) is 4.39. The molecule has 6 nitrogen and oxygen atoms in total. The van der Waals surface area contributed by atoms with Crippen LogP contribution < -0.4 is 9.47 Å². The molecule has 0 aliphatic heterocycles. The number of amides is 1. The first kappa shape index (κ1) is 26.6. The highest BCUT2D eigenvalue weighted by Crippen LogP contribution is 2.30. The Labute approximate surface area is 220 Å². The maximum atomic E-state index is 13.4. The molecule has 1 amide bonds. The second-order valence-corrected chi connectivity index (χ2v) is 9.35. The van der Waals surface area contributed by atoms with Gasteiger partial charge in [0.25, 0.3) is 0 Å². The van der Waals surface area contributed by atoms with E-state index in [0.717, 1.165) is 48.8 Å². The van der Waals surface area contributed by atoms with Crippen molar-refractivity contribution < 1.29 is 23.7 Å². The maximum Gasteiger partial charge on any atom is 0.410 e. The van der Waals surface area contributed by atoms with Gasteiger partial charge in [-0.1, -0.05) is 79.6 Å². The Hall–Kier alpha value is -3.51. The molecule has 2 atom stereocenters. The predicted molar refractivity (Wildman–Crippen MR) is 144 cm³/mol. The molecule has 0 N–H and O–H groups in total. The largest absolute Gasteiger partial charge is 0.493 e. The quantitative estimate of drug-likeness (QED) is 0.303. The topological polar surface area (TPSA) is 57.2 Å². The first-order valence-electron chi connectivity index (χ1n) is 13.0. The van der Waals surface area contributed by atoms with Crippen molar-refractivity contribution in [2.45, 2.75) is 57.4 Å². The van der Waals surface area contributed by atoms with E-state index in [-0.39, 0.29) is 24.8 Å². The van der Waals surface area contributed by atoms with Gasteiger partial charge in [-0.15, -0.1) is 0 Å². The van der Waals surface area contributed by atoms with Crippen molar-refractivity contribution in [2.75, 3.05) is 20.8 Å². The smallest absolute Gasteiger partial charge is 0.410 e. The van der Waals surface area contributed by atoms with Crippen molar-refractivity contribution in [3.63, 3.8) is 0 Å². The van der Waals surface area contributed by atoms with Gasteiger partial charge in [0.05, 0.1) is 33.0 Å². The molecular weight excluding hydrogens is 466 g/mol. The molecule has 3 aromatic carbocycles. The molecule has 0 saturated heterocycles. The average Bonchev–Trinajstić information content (AvgIpc) is 2.96. The van der Waals surface area contributed by atoms with E-state index in [0.29, 0.717) is 24.7 Å². The van der Waals surface area contributed by atoms with Gasteiger partial charge in [-0.05, 0) is 48.1 Å². The molecule has 1 aliphatic carbocycles. The van der Waals surface area contributed by atoms with Gasteiger partial charge in [0.15, 0.2) is 11.5 Å². The number of carbonyl (C=O) groups is 1. The summed E-state index contributed by atoms with van der Waals surface area (Å²) in [5, 5.41) is 0. The zero-order chi connectivity index (χ0) is 25.9. The zero-order valence-electron chi connectivity index (χ0n) is 21.8. The van der Waals surface area contributed by atoms with Crippen molar-refractivity contribution >= 4 is 6.09 Å². The normalized spacial score (nSPS) is 17.1. The fraction of sp³-hybridized carbons (Fsp3) is 0.387. The molecule has 0 aromatic heterocycles. The van der Waals surface area contributed by atoms with Crippen molar-refractivity contribution in [2.24, 2.45) is 0 Å². The molecule has 1 saturated carbocycles. The second-order valence-electron chi connectivity index (χ2n) is 9.35. The summed E-state index contributed by atoms with van der Waals surface area (Å²) < 4.78 is 23.0. The Kier molecular flexibility index (Phi) is 9.83. The van der Waals surface area contributed by atoms with Crippen LogP contribution in [0.1, 0.15) is 42.4 Å². The summed E-state index contributed by atoms with van der Waals surface area (Å²) in [6, 6.07) is 25.8. The Balaban J connectivity index is 1.44. The Bertz CT molecular complexity index is 1110. The monoisotopic (exact) mass is 503 g/mol. The van der Waals surface area contributed by atoms with Gasteiger partial charge in [0.2, 0.25) is 0 Å². The number of hydrogen-bond acceptors (Lipinski definition) is 5. The third kappa shape index (κ3) is 7.49. The number of nitrogens with zero attached hydrogens (tertiary/aromatic N) is 1. The van der Waals surface area contributed by atoms with Crippen LogP contribution in [0.15, 0.2) is 78.9 Å². The van der Waals surface area contributed by atoms with Gasteiger partial charge >= 0.3 is 6.09 Å². The second kappa shape index (κ2) is 13.7. The molecule has 3 aromatic rings. The molecule has 0 heterocycles. The molecule has 4 rings (SSSR count). The third-order valence-corrected chi connectivity index (χ3v) is 6.87. The standard InChI is InChI=1S/C31H37NO5/c1-34-29-18-17-24(21-30(29)35-2)19-20-36-28-16-10-9-15-27(28)32(22-25-11-5-3-6-12-25)31(33)37-23-26-13-7-4-8-14-26/h3-8,11-14,17-18,21,27-28H,9-10,15-16,19-20,22-23H2,1-2H3/t27-,28-/m1/s1. The van der Waals surface area contributed by atoms with Crippen LogP contribution in [0.5, 0.6) is 11.5 Å². The summed E-state index contributed by atoms with van der Waals surface area (Å²) in [5.41, 5.74) is 3.17. The van der Waals surface area contributed by atoms with Crippen LogP contribution in [-0.4, -0.2) is 44.0 Å². The van der Waals surface area contributed by atoms with Crippen molar-refractivity contribution in [3.8, 4) is 11.5 Å². The van der Waals surface area contributed by atoms with E-state index in [4.69, 9.17) is 18.9 Å². The van der Waals surface area contributed by atoms with Crippen LogP contribution in [0, 0.1) is 0 Å². The molecule has 0 spiro atoms. The number of hydrogen-bond donors (Lipinski definition) is 0. The summed E-state index contributed by atoms with van der Waals surface area (Å²) in [5.74, 6) is 1.43. The molecular formula is C31H37NO5. The third-order valence-electron chi connectivity index (χ3n) is 6.87. The van der Waals surface area contributed by atoms with Gasteiger partial charge in [-0.2, -0.15) is 0 Å². The van der Waals surface area contributed by atoms with Gasteiger partial charge in [-0.3, -0.25) is 4.90 Å². The van der Waals surface area contributed by atoms with Crippen molar-refractivity contribution in [3.05, 3.63) is 95.6 Å². The van der Waals surface area contributed by atoms with Crippen molar-refractivity contribution in [1.29, 1.82) is 0 Å². The van der Waals surface area contributed by atoms with Crippen LogP contribution in [0.25, 0.3) is 0 Å². The van der Waals surface area contributed by atoms with Crippen LogP contribution in [0.2, 0.25) is 0 Å².